The Morgan fingerprint density at radius 3 is 2.74 bits per heavy atom. The summed E-state index contributed by atoms with van der Waals surface area (Å²) < 4.78 is 24.9. The van der Waals surface area contributed by atoms with E-state index in [4.69, 9.17) is 16.9 Å². The van der Waals surface area contributed by atoms with Crippen molar-refractivity contribution >= 4 is 21.4 Å². The molecule has 1 atom stereocenters. The molecule has 1 aliphatic rings. The molecule has 1 aliphatic heterocycles. The number of hydrogen-bond acceptors (Lipinski definition) is 4. The minimum atomic E-state index is -3.04. The number of nitriles is 1. The lowest BCUT2D eigenvalue weighted by Crippen LogP contribution is -2.32. The molecule has 0 N–H and O–H groups in total. The van der Waals surface area contributed by atoms with E-state index in [1.807, 2.05) is 13.8 Å². The average molecular weight is 302 g/mol. The molecule has 1 aromatic rings. The highest BCUT2D eigenvalue weighted by molar-refractivity contribution is 7.91. The molecule has 0 aromatic carbocycles. The van der Waals surface area contributed by atoms with Crippen LogP contribution < -0.4 is 0 Å². The maximum atomic E-state index is 11.7. The molecule has 19 heavy (non-hydrogen) atoms. The molecular weight excluding hydrogens is 286 g/mol. The molecule has 1 fully saturated rings. The highest BCUT2D eigenvalue weighted by Crippen LogP contribution is 2.34. The van der Waals surface area contributed by atoms with Crippen LogP contribution in [0.5, 0.6) is 0 Å². The van der Waals surface area contributed by atoms with Crippen molar-refractivity contribution in [2.24, 2.45) is 0 Å². The van der Waals surface area contributed by atoms with Crippen LogP contribution in [0.1, 0.15) is 37.9 Å². The molecule has 1 unspecified atom stereocenters. The second-order valence-corrected chi connectivity index (χ2v) is 7.77. The van der Waals surface area contributed by atoms with Crippen molar-refractivity contribution in [1.29, 1.82) is 5.26 Å². The molecule has 2 heterocycles. The minimum Gasteiger partial charge on any atom is -0.245 e. The summed E-state index contributed by atoms with van der Waals surface area (Å²) in [7, 11) is -3.04. The van der Waals surface area contributed by atoms with Gasteiger partial charge < -0.3 is 0 Å². The molecule has 0 saturated carbocycles. The summed E-state index contributed by atoms with van der Waals surface area (Å²) in [6.45, 7) is 3.82. The number of hydrogen-bond donors (Lipinski definition) is 0. The molecule has 0 aliphatic carbocycles. The van der Waals surface area contributed by atoms with Crippen LogP contribution in [-0.4, -0.2) is 29.7 Å². The molecule has 7 heteroatoms. The summed E-state index contributed by atoms with van der Waals surface area (Å²) in [6.07, 6.45) is 2.00. The largest absolute Gasteiger partial charge is 0.245 e. The van der Waals surface area contributed by atoms with Crippen molar-refractivity contribution in [1.82, 2.24) is 9.78 Å². The number of nitrogens with zero attached hydrogens (tertiary/aromatic N) is 3. The van der Waals surface area contributed by atoms with Gasteiger partial charge in [-0.2, -0.15) is 10.4 Å². The Bertz CT molecular complexity index is 645. The molecular formula is C12H16ClN3O2S. The summed E-state index contributed by atoms with van der Waals surface area (Å²) in [5, 5.41) is 13.8. The molecule has 0 amide bonds. The van der Waals surface area contributed by atoms with Crippen molar-refractivity contribution in [3.63, 3.8) is 0 Å². The van der Waals surface area contributed by atoms with Crippen molar-refractivity contribution in [2.75, 3.05) is 11.5 Å². The van der Waals surface area contributed by atoms with Crippen LogP contribution >= 0.6 is 11.6 Å². The maximum absolute atomic E-state index is 11.7. The van der Waals surface area contributed by atoms with E-state index in [0.717, 1.165) is 6.42 Å². The van der Waals surface area contributed by atoms with Gasteiger partial charge in [-0.1, -0.05) is 24.9 Å². The van der Waals surface area contributed by atoms with Gasteiger partial charge in [0.2, 0.25) is 0 Å². The maximum Gasteiger partial charge on any atom is 0.152 e. The molecule has 104 valence electrons. The number of rotatable bonds is 3. The van der Waals surface area contributed by atoms with Crippen LogP contribution in [0.25, 0.3) is 0 Å². The molecule has 1 aromatic heterocycles. The fourth-order valence-corrected chi connectivity index (χ4v) is 4.98. The van der Waals surface area contributed by atoms with E-state index in [1.165, 1.54) is 4.68 Å². The monoisotopic (exact) mass is 301 g/mol. The minimum absolute atomic E-state index is 0.0256. The number of aromatic nitrogens is 2. The van der Waals surface area contributed by atoms with E-state index in [2.05, 4.69) is 11.2 Å². The Hall–Kier alpha value is -1.06. The lowest BCUT2D eigenvalue weighted by atomic mass is 10.0. The van der Waals surface area contributed by atoms with E-state index < -0.39 is 15.4 Å². The third-order valence-corrected chi connectivity index (χ3v) is 5.73. The Kier molecular flexibility index (Phi) is 3.63. The second-order valence-electron chi connectivity index (χ2n) is 5.23. The van der Waals surface area contributed by atoms with Crippen molar-refractivity contribution < 1.29 is 8.42 Å². The van der Waals surface area contributed by atoms with E-state index >= 15 is 0 Å². The van der Waals surface area contributed by atoms with E-state index in [9.17, 15) is 8.42 Å². The second kappa shape index (κ2) is 4.80. The fourth-order valence-electron chi connectivity index (χ4n) is 2.48. The van der Waals surface area contributed by atoms with Gasteiger partial charge >= 0.3 is 0 Å². The van der Waals surface area contributed by atoms with Crippen LogP contribution in [0, 0.1) is 11.3 Å². The van der Waals surface area contributed by atoms with Gasteiger partial charge in [-0.3, -0.25) is 0 Å². The fraction of sp³-hybridized carbons (Fsp3) is 0.667. The highest BCUT2D eigenvalue weighted by Gasteiger charge is 2.42. The van der Waals surface area contributed by atoms with Crippen molar-refractivity contribution in [3.05, 3.63) is 16.4 Å². The summed E-state index contributed by atoms with van der Waals surface area (Å²) in [5.74, 6) is 0.169. The van der Waals surface area contributed by atoms with E-state index in [-0.39, 0.29) is 16.7 Å². The van der Waals surface area contributed by atoms with Gasteiger partial charge in [-0.15, -0.1) is 0 Å². The smallest absolute Gasteiger partial charge is 0.152 e. The molecule has 5 nitrogen and oxygen atoms in total. The van der Waals surface area contributed by atoms with Gasteiger partial charge in [0, 0.05) is 0 Å². The number of halogens is 1. The molecule has 0 bridgehead atoms. The Labute approximate surface area is 118 Å². The molecule has 0 spiro atoms. The predicted molar refractivity (Wildman–Crippen MR) is 72.9 cm³/mol. The third kappa shape index (κ3) is 2.49. The predicted octanol–water partition coefficient (Wildman–Crippen LogP) is 1.89. The first-order valence-corrected chi connectivity index (χ1v) is 8.41. The Morgan fingerprint density at radius 1 is 1.58 bits per heavy atom. The first-order chi connectivity index (χ1) is 8.83. The van der Waals surface area contributed by atoms with Gasteiger partial charge in [-0.05, 0) is 19.8 Å². The lowest BCUT2D eigenvalue weighted by Gasteiger charge is -2.23. The van der Waals surface area contributed by atoms with E-state index in [0.29, 0.717) is 24.1 Å². The van der Waals surface area contributed by atoms with E-state index in [1.54, 1.807) is 0 Å². The van der Waals surface area contributed by atoms with Crippen molar-refractivity contribution in [2.45, 2.75) is 38.6 Å². The van der Waals surface area contributed by atoms with Crippen LogP contribution in [-0.2, 0) is 21.8 Å². The zero-order valence-corrected chi connectivity index (χ0v) is 12.6. The quantitative estimate of drug-likeness (QED) is 0.854. The number of sulfone groups is 1. The standard InChI is InChI=1S/C12H16ClN3O2S/c1-3-4-10-9(7-14)11(13)16(15-10)12(2)5-6-19(17,18)8-12/h3-6,8H2,1-2H3. The summed E-state index contributed by atoms with van der Waals surface area (Å²) in [6, 6.07) is 2.07. The molecule has 1 saturated heterocycles. The SMILES string of the molecule is CCCc1nn(C2(C)CCS(=O)(=O)C2)c(Cl)c1C#N. The topological polar surface area (TPSA) is 75.8 Å². The molecule has 0 radical (unpaired) electrons. The highest BCUT2D eigenvalue weighted by atomic mass is 35.5. The van der Waals surface area contributed by atoms with Crippen LogP contribution in [0.4, 0.5) is 0 Å². The molecule has 2 rings (SSSR count). The zero-order valence-electron chi connectivity index (χ0n) is 11.0. The van der Waals surface area contributed by atoms with Gasteiger partial charge in [0.1, 0.15) is 16.8 Å². The van der Waals surface area contributed by atoms with Gasteiger partial charge in [0.15, 0.2) is 9.84 Å². The number of aryl methyl sites for hydroxylation is 1. The summed E-state index contributed by atoms with van der Waals surface area (Å²) in [4.78, 5) is 0. The van der Waals surface area contributed by atoms with Crippen LogP contribution in [0.15, 0.2) is 0 Å². The summed E-state index contributed by atoms with van der Waals surface area (Å²) >= 11 is 6.21. The normalized spacial score (nSPS) is 25.4. The first kappa shape index (κ1) is 14.4. The average Bonchev–Trinajstić information content (AvgIpc) is 2.78. The Morgan fingerprint density at radius 2 is 2.26 bits per heavy atom. The lowest BCUT2D eigenvalue weighted by molar-refractivity contribution is 0.327. The Balaban J connectivity index is 2.50. The van der Waals surface area contributed by atoms with Crippen LogP contribution in [0.2, 0.25) is 5.15 Å². The van der Waals surface area contributed by atoms with Gasteiger partial charge in [0.25, 0.3) is 0 Å². The van der Waals surface area contributed by atoms with Crippen molar-refractivity contribution in [3.8, 4) is 6.07 Å². The zero-order chi connectivity index (χ0) is 14.3. The first-order valence-electron chi connectivity index (χ1n) is 6.21. The van der Waals surface area contributed by atoms with Crippen LogP contribution in [0.3, 0.4) is 0 Å². The summed E-state index contributed by atoms with van der Waals surface area (Å²) in [5.41, 5.74) is 0.377. The van der Waals surface area contributed by atoms with Gasteiger partial charge in [0.05, 0.1) is 22.7 Å². The third-order valence-electron chi connectivity index (χ3n) is 3.49. The van der Waals surface area contributed by atoms with Gasteiger partial charge in [-0.25, -0.2) is 13.1 Å².